The average Bonchev–Trinajstić information content (AvgIpc) is 3.45. The molecule has 6 rings (SSSR count). The first kappa shape index (κ1) is 20.3. The van der Waals surface area contributed by atoms with Crippen LogP contribution in [0.25, 0.3) is 10.2 Å². The molecule has 2 aliphatic carbocycles. The van der Waals surface area contributed by atoms with E-state index in [1.54, 1.807) is 11.3 Å². The molecule has 3 heterocycles. The first-order valence-electron chi connectivity index (χ1n) is 11.6. The number of thiazole rings is 1. The number of likely N-dealkylation sites (tertiary alicyclic amines) is 1. The number of amides is 1. The maximum Gasteiger partial charge on any atom is 0.226 e. The summed E-state index contributed by atoms with van der Waals surface area (Å²) in [6.45, 7) is 1.58. The Morgan fingerprint density at radius 1 is 1.09 bits per heavy atom. The van der Waals surface area contributed by atoms with Crippen LogP contribution in [0.3, 0.4) is 0 Å². The minimum Gasteiger partial charge on any atom is -0.342 e. The number of hydrogen-bond donors (Lipinski definition) is 1. The van der Waals surface area contributed by atoms with E-state index in [1.165, 1.54) is 17.5 Å². The van der Waals surface area contributed by atoms with Gasteiger partial charge in [0.25, 0.3) is 0 Å². The number of H-pyrrole nitrogens is 1. The molecule has 6 nitrogen and oxygen atoms in total. The summed E-state index contributed by atoms with van der Waals surface area (Å²) >= 11 is 7.20. The summed E-state index contributed by atoms with van der Waals surface area (Å²) in [5.74, 6) is 1.92. The van der Waals surface area contributed by atoms with Crippen molar-refractivity contribution in [3.8, 4) is 0 Å². The van der Waals surface area contributed by atoms with Gasteiger partial charge in [-0.1, -0.05) is 24.3 Å². The minimum absolute atomic E-state index is 0.0156. The Bertz CT molecular complexity index is 1200. The van der Waals surface area contributed by atoms with Crippen molar-refractivity contribution in [1.82, 2.24) is 24.6 Å². The van der Waals surface area contributed by atoms with E-state index in [0.717, 1.165) is 59.9 Å². The van der Waals surface area contributed by atoms with Gasteiger partial charge in [0.2, 0.25) is 5.91 Å². The third kappa shape index (κ3) is 3.63. The Balaban J connectivity index is 1.17. The molecule has 1 N–H and O–H groups in total. The zero-order valence-corrected chi connectivity index (χ0v) is 19.6. The van der Waals surface area contributed by atoms with Crippen LogP contribution < -0.4 is 0 Å². The number of hydrogen-bond acceptors (Lipinski definition) is 5. The van der Waals surface area contributed by atoms with E-state index >= 15 is 0 Å². The predicted octanol–water partition coefficient (Wildman–Crippen LogP) is 5.34. The van der Waals surface area contributed by atoms with Crippen LogP contribution in [0.1, 0.15) is 67.2 Å². The molecule has 8 heteroatoms. The number of piperidine rings is 1. The number of allylic oxidation sites excluding steroid dienone is 2. The number of nitrogens with zero attached hydrogens (tertiary/aromatic N) is 4. The molecule has 0 radical (unpaired) electrons. The number of benzene rings is 1. The smallest absolute Gasteiger partial charge is 0.226 e. The standard InChI is InChI=1S/C24H27N5OS2/c30-23(18-6-2-1-5-17(18)22-25-19-7-3-4-8-20(19)32-22)28-13-11-15(12-14-28)21-26-27-24(31)29(21)16-9-10-16/h1-4,7-8,15-18H,5-6,9-14H2,(H,27,31). The third-order valence-electron chi connectivity index (χ3n) is 7.19. The summed E-state index contributed by atoms with van der Waals surface area (Å²) < 4.78 is 4.17. The van der Waals surface area contributed by atoms with Crippen LogP contribution >= 0.6 is 23.6 Å². The fraction of sp³-hybridized carbons (Fsp3) is 0.500. The van der Waals surface area contributed by atoms with E-state index in [0.29, 0.717) is 12.0 Å². The summed E-state index contributed by atoms with van der Waals surface area (Å²) in [4.78, 5) is 20.6. The number of fused-ring (bicyclic) bond motifs is 1. The van der Waals surface area contributed by atoms with Crippen molar-refractivity contribution < 1.29 is 4.79 Å². The Kier molecular flexibility index (Phi) is 5.22. The largest absolute Gasteiger partial charge is 0.342 e. The number of carbonyl (C=O) groups is 1. The Hall–Kier alpha value is -2.32. The quantitative estimate of drug-likeness (QED) is 0.417. The van der Waals surface area contributed by atoms with Crippen LogP contribution in [0.2, 0.25) is 0 Å². The zero-order chi connectivity index (χ0) is 21.7. The molecule has 166 valence electrons. The van der Waals surface area contributed by atoms with E-state index in [2.05, 4.69) is 50.0 Å². The van der Waals surface area contributed by atoms with Crippen molar-refractivity contribution in [3.63, 3.8) is 0 Å². The molecule has 1 saturated heterocycles. The van der Waals surface area contributed by atoms with Gasteiger partial charge in [-0.25, -0.2) is 4.98 Å². The van der Waals surface area contributed by atoms with E-state index < -0.39 is 0 Å². The van der Waals surface area contributed by atoms with Crippen molar-refractivity contribution >= 4 is 39.7 Å². The van der Waals surface area contributed by atoms with Gasteiger partial charge in [0.1, 0.15) is 5.82 Å². The highest BCUT2D eigenvalue weighted by atomic mass is 32.1. The van der Waals surface area contributed by atoms with Crippen LogP contribution in [0.15, 0.2) is 36.4 Å². The molecular formula is C24H27N5OS2. The Morgan fingerprint density at radius 2 is 1.88 bits per heavy atom. The van der Waals surface area contributed by atoms with Crippen molar-refractivity contribution in [3.05, 3.63) is 52.0 Å². The molecule has 3 aromatic rings. The van der Waals surface area contributed by atoms with Gasteiger partial charge in [0, 0.05) is 31.0 Å². The first-order valence-corrected chi connectivity index (χ1v) is 12.9. The first-order chi connectivity index (χ1) is 15.7. The van der Waals surface area contributed by atoms with Gasteiger partial charge in [-0.15, -0.1) is 11.3 Å². The number of carbonyl (C=O) groups excluding carboxylic acids is 1. The third-order valence-corrected chi connectivity index (χ3v) is 8.65. The average molecular weight is 466 g/mol. The molecule has 2 unspecified atom stereocenters. The number of aromatic amines is 1. The van der Waals surface area contributed by atoms with Gasteiger partial charge < -0.3 is 9.47 Å². The molecule has 1 amide bonds. The Labute approximate surface area is 196 Å². The molecule has 0 spiro atoms. The van der Waals surface area contributed by atoms with Gasteiger partial charge in [0.05, 0.1) is 21.1 Å². The molecule has 1 saturated carbocycles. The summed E-state index contributed by atoms with van der Waals surface area (Å²) in [5.41, 5.74) is 1.04. The molecule has 2 fully saturated rings. The maximum absolute atomic E-state index is 13.6. The molecule has 2 aromatic heterocycles. The minimum atomic E-state index is -0.0156. The van der Waals surface area contributed by atoms with E-state index in [9.17, 15) is 4.79 Å². The molecule has 2 atom stereocenters. The van der Waals surface area contributed by atoms with Crippen molar-refractivity contribution in [1.29, 1.82) is 0 Å². The van der Waals surface area contributed by atoms with Crippen LogP contribution in [0.4, 0.5) is 0 Å². The molecule has 0 bridgehead atoms. The number of nitrogens with one attached hydrogen (secondary N) is 1. The monoisotopic (exact) mass is 465 g/mol. The highest BCUT2D eigenvalue weighted by Crippen LogP contribution is 2.41. The van der Waals surface area contributed by atoms with Crippen LogP contribution in [0.5, 0.6) is 0 Å². The predicted molar refractivity (Wildman–Crippen MR) is 128 cm³/mol. The van der Waals surface area contributed by atoms with Gasteiger partial charge >= 0.3 is 0 Å². The summed E-state index contributed by atoms with van der Waals surface area (Å²) in [5, 5.41) is 8.66. The summed E-state index contributed by atoms with van der Waals surface area (Å²) in [6, 6.07) is 8.79. The van der Waals surface area contributed by atoms with Crippen LogP contribution in [-0.2, 0) is 4.79 Å². The number of aromatic nitrogens is 4. The lowest BCUT2D eigenvalue weighted by Crippen LogP contribution is -2.43. The van der Waals surface area contributed by atoms with Crippen molar-refractivity contribution in [2.45, 2.75) is 56.4 Å². The SMILES string of the molecule is O=C(C1CC=CCC1c1nc2ccccc2s1)N1CCC(c2n[nH]c(=S)n2C2CC2)CC1. The number of para-hydroxylation sites is 1. The molecule has 1 aliphatic heterocycles. The Morgan fingerprint density at radius 3 is 2.66 bits per heavy atom. The topological polar surface area (TPSA) is 66.8 Å². The summed E-state index contributed by atoms with van der Waals surface area (Å²) in [6.07, 6.45) is 10.4. The normalized spacial score (nSPS) is 24.3. The van der Waals surface area contributed by atoms with E-state index in [-0.39, 0.29) is 17.7 Å². The lowest BCUT2D eigenvalue weighted by molar-refractivity contribution is -0.137. The lowest BCUT2D eigenvalue weighted by atomic mass is 9.81. The van der Waals surface area contributed by atoms with Crippen molar-refractivity contribution in [2.24, 2.45) is 5.92 Å². The molecular weight excluding hydrogens is 438 g/mol. The lowest BCUT2D eigenvalue weighted by Gasteiger charge is -2.36. The van der Waals surface area contributed by atoms with Gasteiger partial charge in [-0.2, -0.15) is 5.10 Å². The van der Waals surface area contributed by atoms with E-state index in [1.807, 2.05) is 6.07 Å². The second kappa shape index (κ2) is 8.23. The second-order valence-electron chi connectivity index (χ2n) is 9.26. The fourth-order valence-corrected chi connectivity index (χ4v) is 6.73. The van der Waals surface area contributed by atoms with Gasteiger partial charge in [0.15, 0.2) is 4.77 Å². The van der Waals surface area contributed by atoms with Crippen LogP contribution in [-0.4, -0.2) is 43.6 Å². The van der Waals surface area contributed by atoms with Crippen molar-refractivity contribution in [2.75, 3.05) is 13.1 Å². The zero-order valence-electron chi connectivity index (χ0n) is 17.9. The molecule has 3 aliphatic rings. The summed E-state index contributed by atoms with van der Waals surface area (Å²) in [7, 11) is 0. The highest BCUT2D eigenvalue weighted by Gasteiger charge is 2.37. The fourth-order valence-electron chi connectivity index (χ4n) is 5.29. The van der Waals surface area contributed by atoms with Gasteiger partial charge in [-0.05, 0) is 62.9 Å². The van der Waals surface area contributed by atoms with Crippen LogP contribution in [0, 0.1) is 10.7 Å². The maximum atomic E-state index is 13.6. The second-order valence-corrected chi connectivity index (χ2v) is 10.7. The van der Waals surface area contributed by atoms with E-state index in [4.69, 9.17) is 17.2 Å². The number of rotatable bonds is 4. The molecule has 1 aromatic carbocycles. The molecule has 32 heavy (non-hydrogen) atoms. The highest BCUT2D eigenvalue weighted by molar-refractivity contribution is 7.71. The van der Waals surface area contributed by atoms with Gasteiger partial charge in [-0.3, -0.25) is 9.89 Å².